The molecule has 1 aromatic carbocycles. The fourth-order valence-electron chi connectivity index (χ4n) is 1.24. The average molecular weight is 343 g/mol. The topological polar surface area (TPSA) is 129 Å². The van der Waals surface area contributed by atoms with E-state index in [1.807, 2.05) is 4.91 Å². The molecule has 120 valence electrons. The van der Waals surface area contributed by atoms with Crippen LogP contribution < -0.4 is 0 Å². The Labute approximate surface area is 119 Å². The molecule has 0 saturated carbocycles. The smallest absolute Gasteiger partial charge is 0.344 e. The highest BCUT2D eigenvalue weighted by atomic mass is 32.2. The van der Waals surface area contributed by atoms with Crippen LogP contribution in [0.1, 0.15) is 10.4 Å². The highest BCUT2D eigenvalue weighted by Crippen LogP contribution is 2.30. The van der Waals surface area contributed by atoms with Crippen LogP contribution in [0.2, 0.25) is 0 Å². The van der Waals surface area contributed by atoms with Crippen LogP contribution in [0.25, 0.3) is 10.4 Å². The number of esters is 1. The number of rotatable bonds is 5. The van der Waals surface area contributed by atoms with E-state index in [0.29, 0.717) is 0 Å². The lowest BCUT2D eigenvalue weighted by atomic mass is 10.1. The third kappa shape index (κ3) is 3.84. The van der Waals surface area contributed by atoms with Crippen LogP contribution in [0.3, 0.4) is 0 Å². The first kappa shape index (κ1) is 17.7. The van der Waals surface area contributed by atoms with Crippen molar-refractivity contribution in [1.82, 2.24) is 0 Å². The van der Waals surface area contributed by atoms with E-state index in [0.717, 1.165) is 0 Å². The summed E-state index contributed by atoms with van der Waals surface area (Å²) >= 11 is 0. The number of ether oxygens (including phenoxy) is 1. The highest BCUT2D eigenvalue weighted by Gasteiger charge is 2.30. The number of azide groups is 1. The molecule has 0 heterocycles. The molecule has 1 aromatic rings. The van der Waals surface area contributed by atoms with Crippen molar-refractivity contribution in [3.8, 4) is 0 Å². The van der Waals surface area contributed by atoms with Gasteiger partial charge in [0.05, 0.1) is 0 Å². The minimum atomic E-state index is -4.52. The van der Waals surface area contributed by atoms with Gasteiger partial charge < -0.3 is 4.74 Å². The predicted octanol–water partition coefficient (Wildman–Crippen LogP) is 2.23. The van der Waals surface area contributed by atoms with Crippen LogP contribution in [0.5, 0.6) is 0 Å². The largest absolute Gasteiger partial charge is 0.461 e. The Morgan fingerprint density at radius 1 is 1.18 bits per heavy atom. The molecule has 0 aliphatic carbocycles. The normalized spacial score (nSPS) is 11.0. The Bertz CT molecular complexity index is 747. The lowest BCUT2D eigenvalue weighted by Crippen LogP contribution is -2.18. The van der Waals surface area contributed by atoms with Crippen LogP contribution >= 0.6 is 0 Å². The van der Waals surface area contributed by atoms with Crippen molar-refractivity contribution < 1.29 is 40.1 Å². The van der Waals surface area contributed by atoms with E-state index in [1.165, 1.54) is 0 Å². The fourth-order valence-corrected chi connectivity index (χ4v) is 1.54. The van der Waals surface area contributed by atoms with Crippen molar-refractivity contribution in [2.45, 2.75) is 0 Å². The molecule has 13 heteroatoms. The molecule has 0 atom stereocenters. The minimum Gasteiger partial charge on any atom is -0.461 e. The summed E-state index contributed by atoms with van der Waals surface area (Å²) in [5.74, 6) is -11.6. The van der Waals surface area contributed by atoms with Gasteiger partial charge in [-0.2, -0.15) is 8.42 Å². The van der Waals surface area contributed by atoms with Crippen molar-refractivity contribution in [2.75, 3.05) is 12.4 Å². The summed E-state index contributed by atoms with van der Waals surface area (Å²) in [5, 5.41) is 2.41. The van der Waals surface area contributed by atoms with Gasteiger partial charge in [-0.05, 0) is 5.53 Å². The summed E-state index contributed by atoms with van der Waals surface area (Å²) in [5.41, 5.74) is 4.63. The molecule has 0 saturated heterocycles. The molecule has 8 nitrogen and oxygen atoms in total. The number of nitrogens with zero attached hydrogens (tertiary/aromatic N) is 3. The Morgan fingerprint density at radius 3 is 2.09 bits per heavy atom. The van der Waals surface area contributed by atoms with E-state index < -0.39 is 63.0 Å². The Balaban J connectivity index is 3.20. The molecular weight excluding hydrogens is 338 g/mol. The zero-order valence-corrected chi connectivity index (χ0v) is 11.1. The number of benzene rings is 1. The quantitative estimate of drug-likeness (QED) is 0.167. The molecule has 0 aliphatic rings. The molecule has 0 bridgehead atoms. The average Bonchev–Trinajstić information content (AvgIpc) is 2.40. The molecule has 0 amide bonds. The van der Waals surface area contributed by atoms with Gasteiger partial charge in [0.15, 0.2) is 23.3 Å². The first-order valence-corrected chi connectivity index (χ1v) is 6.74. The SMILES string of the molecule is [N-]=[N+]=Nc1c(F)c(F)c(C(=O)OCCS(=O)(=O)O)c(F)c1F. The maximum atomic E-state index is 13.5. The number of carbonyl (C=O) groups excluding carboxylic acids is 1. The Morgan fingerprint density at radius 2 is 1.68 bits per heavy atom. The number of halogens is 4. The standard InChI is InChI=1S/C9H5F4N3O5S/c10-4-3(9(17)21-1-2-22(18,19)20)5(11)7(13)8(6(4)12)15-16-14/h1-2H2,(H,18,19,20). The van der Waals surface area contributed by atoms with E-state index in [-0.39, 0.29) is 0 Å². The number of hydrogen-bond acceptors (Lipinski definition) is 5. The molecule has 1 rings (SSSR count). The van der Waals surface area contributed by atoms with Crippen LogP contribution in [-0.4, -0.2) is 31.3 Å². The minimum absolute atomic E-state index is 1.02. The van der Waals surface area contributed by atoms with Gasteiger partial charge in [-0.3, -0.25) is 4.55 Å². The predicted molar refractivity (Wildman–Crippen MR) is 61.8 cm³/mol. The summed E-state index contributed by atoms with van der Waals surface area (Å²) in [6.45, 7) is -1.02. The van der Waals surface area contributed by atoms with Gasteiger partial charge in [0.25, 0.3) is 10.1 Å². The van der Waals surface area contributed by atoms with Gasteiger partial charge in [0.2, 0.25) is 0 Å². The fraction of sp³-hybridized carbons (Fsp3) is 0.222. The van der Waals surface area contributed by atoms with E-state index in [1.54, 1.807) is 0 Å². The highest BCUT2D eigenvalue weighted by molar-refractivity contribution is 7.85. The van der Waals surface area contributed by atoms with E-state index >= 15 is 0 Å². The molecule has 0 fully saturated rings. The lowest BCUT2D eigenvalue weighted by Gasteiger charge is -2.09. The zero-order chi connectivity index (χ0) is 17.1. The van der Waals surface area contributed by atoms with Crippen LogP contribution in [0.4, 0.5) is 23.2 Å². The third-order valence-electron chi connectivity index (χ3n) is 2.16. The van der Waals surface area contributed by atoms with Gasteiger partial charge in [0.1, 0.15) is 23.6 Å². The van der Waals surface area contributed by atoms with Gasteiger partial charge >= 0.3 is 5.97 Å². The van der Waals surface area contributed by atoms with Crippen molar-refractivity contribution in [3.05, 3.63) is 39.3 Å². The maximum absolute atomic E-state index is 13.5. The number of hydrogen-bond donors (Lipinski definition) is 1. The van der Waals surface area contributed by atoms with Crippen molar-refractivity contribution >= 4 is 21.8 Å². The van der Waals surface area contributed by atoms with Gasteiger partial charge in [-0.25, -0.2) is 22.4 Å². The second-order valence-corrected chi connectivity index (χ2v) is 5.16. The van der Waals surface area contributed by atoms with Crippen LogP contribution in [-0.2, 0) is 14.9 Å². The summed E-state index contributed by atoms with van der Waals surface area (Å²) in [7, 11) is -4.52. The van der Waals surface area contributed by atoms with E-state index in [4.69, 9.17) is 10.1 Å². The molecule has 22 heavy (non-hydrogen) atoms. The maximum Gasteiger partial charge on any atom is 0.344 e. The summed E-state index contributed by atoms with van der Waals surface area (Å²) in [6.07, 6.45) is 0. The van der Waals surface area contributed by atoms with Crippen LogP contribution in [0, 0.1) is 23.3 Å². The van der Waals surface area contributed by atoms with Gasteiger partial charge in [-0.15, -0.1) is 0 Å². The molecule has 0 aromatic heterocycles. The summed E-state index contributed by atoms with van der Waals surface area (Å²) in [6, 6.07) is 0. The molecule has 0 unspecified atom stereocenters. The van der Waals surface area contributed by atoms with Crippen molar-refractivity contribution in [3.63, 3.8) is 0 Å². The van der Waals surface area contributed by atoms with Crippen molar-refractivity contribution in [2.24, 2.45) is 5.11 Å². The van der Waals surface area contributed by atoms with Crippen molar-refractivity contribution in [1.29, 1.82) is 0 Å². The van der Waals surface area contributed by atoms with Gasteiger partial charge in [0, 0.05) is 4.91 Å². The molecular formula is C9H5F4N3O5S. The van der Waals surface area contributed by atoms with E-state index in [2.05, 4.69) is 9.85 Å². The van der Waals surface area contributed by atoms with E-state index in [9.17, 15) is 30.8 Å². The summed E-state index contributed by atoms with van der Waals surface area (Å²) in [4.78, 5) is 13.3. The zero-order valence-electron chi connectivity index (χ0n) is 10.3. The summed E-state index contributed by atoms with van der Waals surface area (Å²) < 4.78 is 86.9. The number of carbonyl (C=O) groups is 1. The lowest BCUT2D eigenvalue weighted by molar-refractivity contribution is 0.0514. The van der Waals surface area contributed by atoms with Gasteiger partial charge in [-0.1, -0.05) is 5.11 Å². The second-order valence-electron chi connectivity index (χ2n) is 3.59. The third-order valence-corrected chi connectivity index (χ3v) is 2.85. The first-order chi connectivity index (χ1) is 10.1. The molecule has 0 spiro atoms. The Hall–Kier alpha value is -2.37. The molecule has 1 N–H and O–H groups in total. The second kappa shape index (κ2) is 6.60. The van der Waals surface area contributed by atoms with Crippen LogP contribution in [0.15, 0.2) is 5.11 Å². The molecule has 0 radical (unpaired) electrons. The first-order valence-electron chi connectivity index (χ1n) is 5.13. The monoisotopic (exact) mass is 343 g/mol. The Kier molecular flexibility index (Phi) is 5.30. The molecule has 0 aliphatic heterocycles.